The molecule has 4 aromatic carbocycles. The van der Waals surface area contributed by atoms with Crippen LogP contribution in [0.15, 0.2) is 146 Å². The summed E-state index contributed by atoms with van der Waals surface area (Å²) in [6.07, 6.45) is 4.00. The quantitative estimate of drug-likeness (QED) is 0.127. The summed E-state index contributed by atoms with van der Waals surface area (Å²) in [7, 11) is 0. The Morgan fingerprint density at radius 2 is 0.851 bits per heavy atom. The molecule has 47 heavy (non-hydrogen) atoms. The number of aromatic nitrogens is 2. The summed E-state index contributed by atoms with van der Waals surface area (Å²) in [5, 5.41) is 0. The highest BCUT2D eigenvalue weighted by molar-refractivity contribution is 5.87. The molecule has 0 N–H and O–H groups in total. The number of carbonyl (C=O) groups is 2. The molecule has 2 aromatic heterocycles. The maximum atomic E-state index is 14.1. The minimum absolute atomic E-state index is 0.0326. The van der Waals surface area contributed by atoms with Crippen molar-refractivity contribution in [2.45, 2.75) is 30.1 Å². The van der Waals surface area contributed by atoms with E-state index in [1.807, 2.05) is 72.8 Å². The largest absolute Gasteiger partial charge is 0.426 e. The zero-order chi connectivity index (χ0) is 31.8. The van der Waals surface area contributed by atoms with Crippen molar-refractivity contribution in [1.82, 2.24) is 9.97 Å². The zero-order valence-corrected chi connectivity index (χ0v) is 25.5. The van der Waals surface area contributed by atoms with E-state index < -0.39 is 10.8 Å². The van der Waals surface area contributed by atoms with Gasteiger partial charge in [0.2, 0.25) is 0 Å². The minimum atomic E-state index is -0.899. The van der Waals surface area contributed by atoms with Crippen molar-refractivity contribution < 1.29 is 19.1 Å². The SMILES string of the molecule is O=C(CC1(CC2(CC(=O)Oc3ccccc3)c3ccccc3-c3ncccc32)c2ccccc2-c2ncccc21)Oc1ccccc1. The molecule has 6 aromatic rings. The standard InChI is InChI=1S/C41H30N2O4/c44-36(46-28-13-3-1-4-14-28)25-40(32-19-9-7-17-30(32)38-34(40)21-11-23-42-38)27-41(26-37(45)47-29-15-5-2-6-16-29)33-20-10-8-18-31(33)39-35(41)22-12-24-43-39/h1-24H,25-27H2. The first kappa shape index (κ1) is 28.6. The van der Waals surface area contributed by atoms with Gasteiger partial charge >= 0.3 is 11.9 Å². The lowest BCUT2D eigenvalue weighted by Gasteiger charge is -2.41. The van der Waals surface area contributed by atoms with Crippen LogP contribution < -0.4 is 9.47 Å². The maximum absolute atomic E-state index is 14.1. The highest BCUT2D eigenvalue weighted by Gasteiger charge is 2.55. The van der Waals surface area contributed by atoms with E-state index in [2.05, 4.69) is 36.4 Å². The molecule has 2 unspecified atom stereocenters. The Balaban J connectivity index is 1.33. The molecule has 0 radical (unpaired) electrons. The molecule has 0 aliphatic heterocycles. The fourth-order valence-electron chi connectivity index (χ4n) is 7.72. The Morgan fingerprint density at radius 1 is 0.468 bits per heavy atom. The first-order valence-corrected chi connectivity index (χ1v) is 15.7. The van der Waals surface area contributed by atoms with Gasteiger partial charge in [-0.2, -0.15) is 0 Å². The van der Waals surface area contributed by atoms with Gasteiger partial charge in [-0.3, -0.25) is 19.6 Å². The molecule has 0 saturated carbocycles. The second-order valence-electron chi connectivity index (χ2n) is 12.2. The summed E-state index contributed by atoms with van der Waals surface area (Å²) in [6, 6.07) is 42.4. The molecule has 0 spiro atoms. The number of esters is 2. The van der Waals surface area contributed by atoms with Crippen LogP contribution in [-0.4, -0.2) is 21.9 Å². The van der Waals surface area contributed by atoms with Gasteiger partial charge in [-0.05, 0) is 65.1 Å². The normalized spacial score (nSPS) is 18.4. The molecule has 8 rings (SSSR count). The molecule has 0 bridgehead atoms. The third kappa shape index (κ3) is 4.81. The van der Waals surface area contributed by atoms with E-state index in [0.29, 0.717) is 17.9 Å². The van der Waals surface area contributed by atoms with Crippen molar-refractivity contribution in [3.05, 3.63) is 168 Å². The average molecular weight is 615 g/mol. The topological polar surface area (TPSA) is 78.4 Å². The molecule has 0 amide bonds. The number of hydrogen-bond donors (Lipinski definition) is 0. The van der Waals surface area contributed by atoms with E-state index in [-0.39, 0.29) is 24.8 Å². The van der Waals surface area contributed by atoms with E-state index in [4.69, 9.17) is 19.4 Å². The van der Waals surface area contributed by atoms with Gasteiger partial charge in [0.15, 0.2) is 0 Å². The summed E-state index contributed by atoms with van der Waals surface area (Å²) in [5.41, 5.74) is 5.60. The van der Waals surface area contributed by atoms with Crippen LogP contribution in [0, 0.1) is 0 Å². The molecule has 0 fully saturated rings. The Hall–Kier alpha value is -5.88. The molecule has 2 heterocycles. The van der Waals surface area contributed by atoms with Gasteiger partial charge in [0.05, 0.1) is 24.2 Å². The van der Waals surface area contributed by atoms with Gasteiger partial charge in [0.1, 0.15) is 11.5 Å². The third-order valence-corrected chi connectivity index (χ3v) is 9.49. The monoisotopic (exact) mass is 614 g/mol. The number of hydrogen-bond acceptors (Lipinski definition) is 6. The van der Waals surface area contributed by atoms with Crippen LogP contribution in [0.4, 0.5) is 0 Å². The zero-order valence-electron chi connectivity index (χ0n) is 25.5. The van der Waals surface area contributed by atoms with Crippen LogP contribution in [-0.2, 0) is 20.4 Å². The van der Waals surface area contributed by atoms with Gasteiger partial charge in [-0.1, -0.05) is 97.1 Å². The first-order valence-electron chi connectivity index (χ1n) is 15.7. The molecule has 2 aliphatic rings. The highest BCUT2D eigenvalue weighted by atomic mass is 16.5. The Bertz CT molecular complexity index is 1880. The van der Waals surface area contributed by atoms with E-state index in [1.165, 1.54) is 0 Å². The molecule has 6 heteroatoms. The molecule has 6 nitrogen and oxygen atoms in total. The van der Waals surface area contributed by atoms with Crippen LogP contribution in [0.25, 0.3) is 22.5 Å². The van der Waals surface area contributed by atoms with Gasteiger partial charge in [-0.15, -0.1) is 0 Å². The van der Waals surface area contributed by atoms with Crippen LogP contribution in [0.2, 0.25) is 0 Å². The highest BCUT2D eigenvalue weighted by Crippen LogP contribution is 2.61. The number of fused-ring (bicyclic) bond motifs is 6. The fraction of sp³-hybridized carbons (Fsp3) is 0.122. The van der Waals surface area contributed by atoms with E-state index in [0.717, 1.165) is 44.8 Å². The predicted octanol–water partition coefficient (Wildman–Crippen LogP) is 8.09. The van der Waals surface area contributed by atoms with Gasteiger partial charge in [-0.25, -0.2) is 0 Å². The van der Waals surface area contributed by atoms with Gasteiger partial charge < -0.3 is 9.47 Å². The summed E-state index contributed by atoms with van der Waals surface area (Å²) >= 11 is 0. The second kappa shape index (κ2) is 11.5. The number of para-hydroxylation sites is 2. The lowest BCUT2D eigenvalue weighted by molar-refractivity contribution is -0.135. The lowest BCUT2D eigenvalue weighted by Crippen LogP contribution is -2.41. The minimum Gasteiger partial charge on any atom is -0.426 e. The molecular formula is C41H30N2O4. The van der Waals surface area contributed by atoms with Crippen molar-refractivity contribution in [2.75, 3.05) is 0 Å². The Morgan fingerprint density at radius 3 is 1.30 bits per heavy atom. The van der Waals surface area contributed by atoms with Crippen molar-refractivity contribution in [1.29, 1.82) is 0 Å². The predicted molar refractivity (Wildman–Crippen MR) is 179 cm³/mol. The summed E-state index contributed by atoms with van der Waals surface area (Å²) in [5.74, 6) is 0.212. The smallest absolute Gasteiger partial charge is 0.312 e. The number of nitrogens with zero attached hydrogens (tertiary/aromatic N) is 2. The number of pyridine rings is 2. The third-order valence-electron chi connectivity index (χ3n) is 9.49. The van der Waals surface area contributed by atoms with Crippen molar-refractivity contribution in [3.8, 4) is 34.0 Å². The summed E-state index contributed by atoms with van der Waals surface area (Å²) in [6.45, 7) is 0. The van der Waals surface area contributed by atoms with Crippen molar-refractivity contribution >= 4 is 11.9 Å². The van der Waals surface area contributed by atoms with Crippen LogP contribution in [0.5, 0.6) is 11.5 Å². The molecule has 2 aliphatic carbocycles. The number of ether oxygens (including phenoxy) is 2. The maximum Gasteiger partial charge on any atom is 0.312 e. The second-order valence-corrected chi connectivity index (χ2v) is 12.2. The lowest BCUT2D eigenvalue weighted by atomic mass is 9.60. The van der Waals surface area contributed by atoms with E-state index in [9.17, 15) is 9.59 Å². The molecule has 0 saturated heterocycles. The van der Waals surface area contributed by atoms with Crippen LogP contribution >= 0.6 is 0 Å². The van der Waals surface area contributed by atoms with Crippen molar-refractivity contribution in [2.24, 2.45) is 0 Å². The van der Waals surface area contributed by atoms with Crippen LogP contribution in [0.1, 0.15) is 41.5 Å². The summed E-state index contributed by atoms with van der Waals surface area (Å²) < 4.78 is 11.9. The number of rotatable bonds is 8. The molecule has 2 atom stereocenters. The van der Waals surface area contributed by atoms with E-state index in [1.54, 1.807) is 36.7 Å². The molecule has 228 valence electrons. The van der Waals surface area contributed by atoms with Gasteiger partial charge in [0, 0.05) is 34.4 Å². The Kier molecular flexibility index (Phi) is 6.98. The van der Waals surface area contributed by atoms with Crippen LogP contribution in [0.3, 0.4) is 0 Å². The van der Waals surface area contributed by atoms with E-state index >= 15 is 0 Å². The van der Waals surface area contributed by atoms with Gasteiger partial charge in [0.25, 0.3) is 0 Å². The fourth-order valence-corrected chi connectivity index (χ4v) is 7.72. The number of carbonyl (C=O) groups excluding carboxylic acids is 2. The van der Waals surface area contributed by atoms with Crippen molar-refractivity contribution in [3.63, 3.8) is 0 Å². The Labute approximate surface area is 272 Å². The first-order chi connectivity index (χ1) is 23.1. The molecular weight excluding hydrogens is 584 g/mol. The summed E-state index contributed by atoms with van der Waals surface area (Å²) in [4.78, 5) is 37.8. The number of benzene rings is 4. The average Bonchev–Trinajstić information content (AvgIpc) is 3.53.